The van der Waals surface area contributed by atoms with Gasteiger partial charge < -0.3 is 4.52 Å². The van der Waals surface area contributed by atoms with Crippen molar-refractivity contribution in [3.63, 3.8) is 0 Å². The molecule has 0 aromatic rings. The smallest absolute Gasteiger partial charge is 0.306 e. The zero-order chi connectivity index (χ0) is 18.3. The van der Waals surface area contributed by atoms with Crippen LogP contribution in [0.25, 0.3) is 0 Å². The monoisotopic (exact) mass is 446 g/mol. The SMILES string of the molecule is CCOP(=O)(SC(C)CC)N1CCSC1=O.O=[N+]([O-])C(Cl)(Cl)Cl. The Balaban J connectivity index is 0.000000585. The van der Waals surface area contributed by atoms with Gasteiger partial charge in [-0.15, -0.1) is 0 Å². The molecule has 0 radical (unpaired) electrons. The lowest BCUT2D eigenvalue weighted by atomic mass is 10.4. The number of carbonyl (C=O) groups excluding carboxylic acids is 1. The van der Waals surface area contributed by atoms with Crippen molar-refractivity contribution in [2.75, 3.05) is 18.9 Å². The minimum atomic E-state index is -3.02. The van der Waals surface area contributed by atoms with Crippen molar-refractivity contribution in [1.82, 2.24) is 4.67 Å². The standard InChI is InChI=1S/C9H18NO3PS2.CCl3NO2/c1-4-8(3)16-14(12,13-5-2)10-6-7-15-9(10)11;2-1(3,4)5(6)7/h8H,4-7H2,1-3H3;. The van der Waals surface area contributed by atoms with Gasteiger partial charge in [0, 0.05) is 17.5 Å². The van der Waals surface area contributed by atoms with E-state index in [0.717, 1.165) is 6.42 Å². The molecule has 1 fully saturated rings. The first-order valence-electron chi connectivity index (χ1n) is 6.56. The van der Waals surface area contributed by atoms with Crippen LogP contribution in [0.4, 0.5) is 4.79 Å². The Bertz CT molecular complexity index is 466. The number of hydrogen-bond donors (Lipinski definition) is 0. The number of thioether (sulfide) groups is 1. The number of hydrogen-bond acceptors (Lipinski definition) is 7. The molecular weight excluding hydrogens is 430 g/mol. The number of alkyl halides is 3. The lowest BCUT2D eigenvalue weighted by molar-refractivity contribution is -0.491. The van der Waals surface area contributed by atoms with Gasteiger partial charge >= 0.3 is 10.6 Å². The highest BCUT2D eigenvalue weighted by Crippen LogP contribution is 2.65. The molecule has 0 aromatic heterocycles. The van der Waals surface area contributed by atoms with Gasteiger partial charge in [0.2, 0.25) is 0 Å². The second kappa shape index (κ2) is 10.6. The molecule has 2 atom stereocenters. The Hall–Kier alpha value is 0.630. The van der Waals surface area contributed by atoms with E-state index >= 15 is 0 Å². The zero-order valence-corrected chi connectivity index (χ0v) is 17.5. The van der Waals surface area contributed by atoms with Crippen LogP contribution in [0.3, 0.4) is 0 Å². The van der Waals surface area contributed by atoms with Crippen LogP contribution in [-0.4, -0.2) is 42.9 Å². The van der Waals surface area contributed by atoms with Gasteiger partial charge in [-0.25, -0.2) is 0 Å². The van der Waals surface area contributed by atoms with Gasteiger partial charge in [-0.3, -0.25) is 24.1 Å². The number of carbonyl (C=O) groups is 1. The average Bonchev–Trinajstić information content (AvgIpc) is 2.85. The van der Waals surface area contributed by atoms with Gasteiger partial charge in [-0.1, -0.05) is 25.6 Å². The average molecular weight is 448 g/mol. The van der Waals surface area contributed by atoms with E-state index in [1.165, 1.54) is 27.8 Å². The second-order valence-corrected chi connectivity index (χ2v) is 12.2. The van der Waals surface area contributed by atoms with E-state index in [1.807, 2.05) is 13.8 Å². The molecule has 0 aromatic carbocycles. The van der Waals surface area contributed by atoms with Gasteiger partial charge in [0.1, 0.15) is 0 Å². The van der Waals surface area contributed by atoms with E-state index in [9.17, 15) is 19.5 Å². The summed E-state index contributed by atoms with van der Waals surface area (Å²) in [5, 5.41) is 9.54. The third kappa shape index (κ3) is 8.52. The maximum Gasteiger partial charge on any atom is 0.449 e. The molecule has 1 aliphatic rings. The minimum absolute atomic E-state index is 0.118. The molecule has 7 nitrogen and oxygen atoms in total. The molecule has 1 aliphatic heterocycles. The highest BCUT2D eigenvalue weighted by atomic mass is 35.6. The predicted molar refractivity (Wildman–Crippen MR) is 98.4 cm³/mol. The molecule has 0 N–H and O–H groups in total. The lowest BCUT2D eigenvalue weighted by Crippen LogP contribution is -2.20. The summed E-state index contributed by atoms with van der Waals surface area (Å²) in [4.78, 5) is 20.0. The largest absolute Gasteiger partial charge is 0.449 e. The normalized spacial score (nSPS) is 18.9. The fraction of sp³-hybridized carbons (Fsp3) is 0.900. The van der Waals surface area contributed by atoms with E-state index in [4.69, 9.17) is 39.3 Å². The Morgan fingerprint density at radius 1 is 1.52 bits per heavy atom. The summed E-state index contributed by atoms with van der Waals surface area (Å²) >= 11 is 16.6. The van der Waals surface area contributed by atoms with Crippen LogP contribution in [0.2, 0.25) is 0 Å². The van der Waals surface area contributed by atoms with Crippen molar-refractivity contribution in [3.8, 4) is 0 Å². The molecule has 1 rings (SSSR count). The molecular formula is C10H18Cl3N2O5PS2. The molecule has 0 bridgehead atoms. The first kappa shape index (κ1) is 23.6. The van der Waals surface area contributed by atoms with Crippen LogP contribution in [0.1, 0.15) is 27.2 Å². The summed E-state index contributed by atoms with van der Waals surface area (Å²) < 4.78 is 17.0. The molecule has 0 spiro atoms. The fourth-order valence-corrected chi connectivity index (χ4v) is 7.61. The van der Waals surface area contributed by atoms with Crippen LogP contribution in [0.15, 0.2) is 0 Å². The first-order chi connectivity index (χ1) is 10.5. The quantitative estimate of drug-likeness (QED) is 0.176. The summed E-state index contributed by atoms with van der Waals surface area (Å²) in [6.07, 6.45) is 0.914. The van der Waals surface area contributed by atoms with E-state index < -0.39 is 15.6 Å². The summed E-state index contributed by atoms with van der Waals surface area (Å²) in [5.41, 5.74) is 0. The van der Waals surface area contributed by atoms with E-state index in [-0.39, 0.29) is 10.5 Å². The topological polar surface area (TPSA) is 89.8 Å². The second-order valence-electron chi connectivity index (χ2n) is 4.17. The van der Waals surface area contributed by atoms with E-state index in [2.05, 4.69) is 0 Å². The van der Waals surface area contributed by atoms with Crippen molar-refractivity contribution < 1.29 is 18.8 Å². The maximum absolute atomic E-state index is 12.6. The molecule has 0 saturated carbocycles. The van der Waals surface area contributed by atoms with E-state index in [0.29, 0.717) is 18.9 Å². The molecule has 1 heterocycles. The van der Waals surface area contributed by atoms with Crippen LogP contribution in [0, 0.1) is 10.1 Å². The number of halogens is 3. The highest BCUT2D eigenvalue weighted by Gasteiger charge is 2.40. The highest BCUT2D eigenvalue weighted by molar-refractivity contribution is 8.56. The Kier molecular flexibility index (Phi) is 10.9. The van der Waals surface area contributed by atoms with Crippen LogP contribution in [0.5, 0.6) is 0 Å². The fourth-order valence-electron chi connectivity index (χ4n) is 1.23. The Labute approximate surface area is 158 Å². The molecule has 0 aliphatic carbocycles. The van der Waals surface area contributed by atoms with Gasteiger partial charge in [0.15, 0.2) is 0 Å². The molecule has 136 valence electrons. The Morgan fingerprint density at radius 2 is 2.04 bits per heavy atom. The lowest BCUT2D eigenvalue weighted by Gasteiger charge is -2.27. The maximum atomic E-state index is 12.6. The van der Waals surface area contributed by atoms with Crippen molar-refractivity contribution in [1.29, 1.82) is 0 Å². The third-order valence-electron chi connectivity index (χ3n) is 2.42. The summed E-state index contributed by atoms with van der Waals surface area (Å²) in [6.45, 7) is 3.73. The third-order valence-corrected chi connectivity index (χ3v) is 9.13. The van der Waals surface area contributed by atoms with Gasteiger partial charge in [0.25, 0.3) is 5.24 Å². The van der Waals surface area contributed by atoms with Gasteiger partial charge in [0.05, 0.1) is 11.5 Å². The number of amides is 1. The number of nitro groups is 1. The van der Waals surface area contributed by atoms with Gasteiger partial charge in [-0.2, -0.15) is 0 Å². The van der Waals surface area contributed by atoms with Crippen LogP contribution in [-0.2, 0) is 9.09 Å². The molecule has 23 heavy (non-hydrogen) atoms. The summed E-state index contributed by atoms with van der Waals surface area (Å²) in [5.74, 6) is 0.705. The van der Waals surface area contributed by atoms with E-state index in [1.54, 1.807) is 6.92 Å². The van der Waals surface area contributed by atoms with Gasteiger partial charge in [-0.05, 0) is 59.5 Å². The molecule has 1 saturated heterocycles. The molecule has 13 heteroatoms. The Morgan fingerprint density at radius 3 is 2.35 bits per heavy atom. The number of nitrogens with zero attached hydrogens (tertiary/aromatic N) is 2. The zero-order valence-electron chi connectivity index (χ0n) is 12.7. The first-order valence-corrected chi connectivity index (χ1v) is 11.7. The van der Waals surface area contributed by atoms with Crippen molar-refractivity contribution in [2.45, 2.75) is 36.4 Å². The summed E-state index contributed by atoms with van der Waals surface area (Å²) in [7, 11) is 0. The predicted octanol–water partition coefficient (Wildman–Crippen LogP) is 5.42. The molecule has 2 unspecified atom stereocenters. The minimum Gasteiger partial charge on any atom is -0.306 e. The van der Waals surface area contributed by atoms with Crippen molar-refractivity contribution in [3.05, 3.63) is 10.1 Å². The van der Waals surface area contributed by atoms with Crippen LogP contribution < -0.4 is 0 Å². The van der Waals surface area contributed by atoms with Crippen LogP contribution >= 0.6 is 64.7 Å². The van der Waals surface area contributed by atoms with Crippen molar-refractivity contribution >= 4 is 69.9 Å². The molecule has 1 amide bonds. The summed E-state index contributed by atoms with van der Waals surface area (Å²) in [6, 6.07) is 0. The van der Waals surface area contributed by atoms with Crippen molar-refractivity contribution in [2.24, 2.45) is 0 Å². The number of rotatable bonds is 6.